The van der Waals surface area contributed by atoms with Gasteiger partial charge in [0.15, 0.2) is 0 Å². The van der Waals surface area contributed by atoms with Gasteiger partial charge in [-0.15, -0.1) is 0 Å². The second-order valence-electron chi connectivity index (χ2n) is 4.84. The standard InChI is InChI=1S/C13H18N2O3S/c1-3-15(10-5-6-10)13(16)12-8-11(19(14,17)18)7-4-9(12)2/h4,7-8,10H,3,5-6H2,1-2H3,(H2,14,17,18). The first-order chi connectivity index (χ1) is 8.84. The van der Waals surface area contributed by atoms with Gasteiger partial charge in [0, 0.05) is 18.2 Å². The summed E-state index contributed by atoms with van der Waals surface area (Å²) >= 11 is 0. The third kappa shape index (κ3) is 2.96. The number of primary sulfonamides is 1. The molecule has 1 amide bonds. The highest BCUT2D eigenvalue weighted by molar-refractivity contribution is 7.89. The van der Waals surface area contributed by atoms with E-state index in [4.69, 9.17) is 5.14 Å². The molecule has 19 heavy (non-hydrogen) atoms. The highest BCUT2D eigenvalue weighted by Gasteiger charge is 2.32. The van der Waals surface area contributed by atoms with E-state index in [1.54, 1.807) is 17.9 Å². The van der Waals surface area contributed by atoms with Gasteiger partial charge in [0.2, 0.25) is 10.0 Å². The third-order valence-corrected chi connectivity index (χ3v) is 4.27. The lowest BCUT2D eigenvalue weighted by molar-refractivity contribution is 0.0751. The van der Waals surface area contributed by atoms with Gasteiger partial charge in [0.25, 0.3) is 5.91 Å². The number of aryl methyl sites for hydroxylation is 1. The Morgan fingerprint density at radius 3 is 2.53 bits per heavy atom. The molecule has 0 saturated heterocycles. The first-order valence-corrected chi connectivity index (χ1v) is 7.83. The summed E-state index contributed by atoms with van der Waals surface area (Å²) in [7, 11) is -3.78. The molecule has 6 heteroatoms. The smallest absolute Gasteiger partial charge is 0.254 e. The molecule has 2 rings (SSSR count). The van der Waals surface area contributed by atoms with Gasteiger partial charge in [-0.2, -0.15) is 0 Å². The Balaban J connectivity index is 2.40. The summed E-state index contributed by atoms with van der Waals surface area (Å²) in [6.07, 6.45) is 2.04. The Morgan fingerprint density at radius 2 is 2.05 bits per heavy atom. The van der Waals surface area contributed by atoms with Crippen LogP contribution in [0.4, 0.5) is 0 Å². The van der Waals surface area contributed by atoms with Crippen LogP contribution in [0.2, 0.25) is 0 Å². The zero-order valence-electron chi connectivity index (χ0n) is 11.1. The van der Waals surface area contributed by atoms with Crippen LogP contribution in [0.3, 0.4) is 0 Å². The van der Waals surface area contributed by atoms with Crippen molar-refractivity contribution in [2.45, 2.75) is 37.6 Å². The maximum atomic E-state index is 12.4. The van der Waals surface area contributed by atoms with E-state index in [0.29, 0.717) is 18.2 Å². The number of carbonyl (C=O) groups excluding carboxylic acids is 1. The summed E-state index contributed by atoms with van der Waals surface area (Å²) in [4.78, 5) is 14.2. The van der Waals surface area contributed by atoms with E-state index < -0.39 is 10.0 Å². The van der Waals surface area contributed by atoms with Crippen molar-refractivity contribution < 1.29 is 13.2 Å². The summed E-state index contributed by atoms with van der Waals surface area (Å²) < 4.78 is 22.7. The topological polar surface area (TPSA) is 80.5 Å². The van der Waals surface area contributed by atoms with E-state index in [1.807, 2.05) is 6.92 Å². The van der Waals surface area contributed by atoms with Gasteiger partial charge >= 0.3 is 0 Å². The molecule has 1 aromatic rings. The number of nitrogens with zero attached hydrogens (tertiary/aromatic N) is 1. The summed E-state index contributed by atoms with van der Waals surface area (Å²) in [6.45, 7) is 4.35. The number of carbonyl (C=O) groups is 1. The maximum absolute atomic E-state index is 12.4. The van der Waals surface area contributed by atoms with Crippen LogP contribution in [0.25, 0.3) is 0 Å². The van der Waals surface area contributed by atoms with Crippen molar-refractivity contribution in [3.63, 3.8) is 0 Å². The Bertz CT molecular complexity index is 606. The molecular weight excluding hydrogens is 264 g/mol. The summed E-state index contributed by atoms with van der Waals surface area (Å²) in [5.41, 5.74) is 1.18. The molecule has 0 unspecified atom stereocenters. The van der Waals surface area contributed by atoms with Gasteiger partial charge in [-0.1, -0.05) is 6.07 Å². The lowest BCUT2D eigenvalue weighted by atomic mass is 10.1. The lowest BCUT2D eigenvalue weighted by Crippen LogP contribution is -2.33. The average Bonchev–Trinajstić information content (AvgIpc) is 3.13. The number of hydrogen-bond donors (Lipinski definition) is 1. The average molecular weight is 282 g/mol. The Labute approximate surface area is 113 Å². The van der Waals surface area contributed by atoms with Gasteiger partial charge in [-0.3, -0.25) is 4.79 Å². The van der Waals surface area contributed by atoms with Crippen molar-refractivity contribution in [1.29, 1.82) is 0 Å². The molecule has 1 aliphatic rings. The normalized spacial score (nSPS) is 15.3. The Morgan fingerprint density at radius 1 is 1.42 bits per heavy atom. The Kier molecular flexibility index (Phi) is 3.64. The molecule has 104 valence electrons. The molecule has 1 saturated carbocycles. The van der Waals surface area contributed by atoms with Gasteiger partial charge < -0.3 is 4.90 Å². The highest BCUT2D eigenvalue weighted by Crippen LogP contribution is 2.29. The van der Waals surface area contributed by atoms with Crippen molar-refractivity contribution in [3.8, 4) is 0 Å². The van der Waals surface area contributed by atoms with Crippen LogP contribution in [-0.2, 0) is 10.0 Å². The molecule has 0 radical (unpaired) electrons. The van der Waals surface area contributed by atoms with Crippen LogP contribution in [-0.4, -0.2) is 31.8 Å². The van der Waals surface area contributed by atoms with E-state index in [0.717, 1.165) is 18.4 Å². The zero-order chi connectivity index (χ0) is 14.2. The van der Waals surface area contributed by atoms with E-state index in [-0.39, 0.29) is 10.8 Å². The minimum Gasteiger partial charge on any atom is -0.336 e. The first kappa shape index (κ1) is 14.0. The van der Waals surface area contributed by atoms with Crippen LogP contribution >= 0.6 is 0 Å². The molecular formula is C13H18N2O3S. The number of hydrogen-bond acceptors (Lipinski definition) is 3. The molecule has 1 aliphatic carbocycles. The van der Waals surface area contributed by atoms with Crippen LogP contribution < -0.4 is 5.14 Å². The van der Waals surface area contributed by atoms with E-state index in [2.05, 4.69) is 0 Å². The van der Waals surface area contributed by atoms with E-state index in [1.165, 1.54) is 12.1 Å². The monoisotopic (exact) mass is 282 g/mol. The molecule has 0 bridgehead atoms. The summed E-state index contributed by atoms with van der Waals surface area (Å²) in [5, 5.41) is 5.10. The number of rotatable bonds is 4. The van der Waals surface area contributed by atoms with Crippen molar-refractivity contribution in [1.82, 2.24) is 4.90 Å². The number of sulfonamides is 1. The van der Waals surface area contributed by atoms with Crippen molar-refractivity contribution in [2.24, 2.45) is 5.14 Å². The van der Waals surface area contributed by atoms with E-state index in [9.17, 15) is 13.2 Å². The molecule has 0 aliphatic heterocycles. The predicted molar refractivity (Wildman–Crippen MR) is 72.3 cm³/mol. The van der Waals surface area contributed by atoms with Crippen LogP contribution in [0.15, 0.2) is 23.1 Å². The number of amides is 1. The van der Waals surface area contributed by atoms with Crippen molar-refractivity contribution >= 4 is 15.9 Å². The number of nitrogens with two attached hydrogens (primary N) is 1. The van der Waals surface area contributed by atoms with Crippen molar-refractivity contribution in [3.05, 3.63) is 29.3 Å². The lowest BCUT2D eigenvalue weighted by Gasteiger charge is -2.21. The maximum Gasteiger partial charge on any atom is 0.254 e. The van der Waals surface area contributed by atoms with Crippen molar-refractivity contribution in [2.75, 3.05) is 6.54 Å². The van der Waals surface area contributed by atoms with Crippen LogP contribution in [0, 0.1) is 6.92 Å². The van der Waals surface area contributed by atoms with Gasteiger partial charge in [-0.05, 0) is 44.4 Å². The summed E-state index contributed by atoms with van der Waals surface area (Å²) in [6, 6.07) is 4.72. The second kappa shape index (κ2) is 4.94. The molecule has 5 nitrogen and oxygen atoms in total. The molecule has 1 fully saturated rings. The largest absolute Gasteiger partial charge is 0.336 e. The van der Waals surface area contributed by atoms with Crippen LogP contribution in [0.1, 0.15) is 35.7 Å². The molecule has 2 N–H and O–H groups in total. The fourth-order valence-corrected chi connectivity index (χ4v) is 2.66. The highest BCUT2D eigenvalue weighted by atomic mass is 32.2. The minimum atomic E-state index is -3.78. The minimum absolute atomic E-state index is 0.0201. The molecule has 0 aromatic heterocycles. The third-order valence-electron chi connectivity index (χ3n) is 3.36. The van der Waals surface area contributed by atoms with Gasteiger partial charge in [-0.25, -0.2) is 13.6 Å². The predicted octanol–water partition coefficient (Wildman–Crippen LogP) is 1.27. The molecule has 1 aromatic carbocycles. The molecule has 0 atom stereocenters. The Hall–Kier alpha value is -1.40. The van der Waals surface area contributed by atoms with Crippen LogP contribution in [0.5, 0.6) is 0 Å². The molecule has 0 spiro atoms. The summed E-state index contributed by atoms with van der Waals surface area (Å²) in [5.74, 6) is -0.118. The fourth-order valence-electron chi connectivity index (χ4n) is 2.12. The first-order valence-electron chi connectivity index (χ1n) is 6.29. The number of benzene rings is 1. The quantitative estimate of drug-likeness (QED) is 0.903. The molecule has 0 heterocycles. The fraction of sp³-hybridized carbons (Fsp3) is 0.462. The SMILES string of the molecule is CCN(C(=O)c1cc(S(N)(=O)=O)ccc1C)C1CC1. The van der Waals surface area contributed by atoms with E-state index >= 15 is 0 Å². The van der Waals surface area contributed by atoms with Gasteiger partial charge in [0.1, 0.15) is 0 Å². The zero-order valence-corrected chi connectivity index (χ0v) is 11.9. The van der Waals surface area contributed by atoms with Gasteiger partial charge in [0.05, 0.1) is 4.90 Å². The second-order valence-corrected chi connectivity index (χ2v) is 6.41.